The summed E-state index contributed by atoms with van der Waals surface area (Å²) in [6.07, 6.45) is 1.64. The van der Waals surface area contributed by atoms with Gasteiger partial charge >= 0.3 is 0 Å². The zero-order valence-corrected chi connectivity index (χ0v) is 19.1. The first-order valence-corrected chi connectivity index (χ1v) is 10.9. The van der Waals surface area contributed by atoms with Crippen LogP contribution in [0.1, 0.15) is 36.9 Å². The van der Waals surface area contributed by atoms with Crippen molar-refractivity contribution in [3.63, 3.8) is 0 Å². The number of methoxy groups -OCH3 is 2. The second kappa shape index (κ2) is 10.4. The van der Waals surface area contributed by atoms with Crippen molar-refractivity contribution < 1.29 is 14.3 Å². The highest BCUT2D eigenvalue weighted by Crippen LogP contribution is 2.30. The Labute approximate surface area is 188 Å². The van der Waals surface area contributed by atoms with Crippen LogP contribution in [0, 0.1) is 5.92 Å². The van der Waals surface area contributed by atoms with Gasteiger partial charge in [-0.15, -0.1) is 0 Å². The third-order valence-electron chi connectivity index (χ3n) is 5.63. The minimum absolute atomic E-state index is 0.000919. The average Bonchev–Trinajstić information content (AvgIpc) is 2.75. The van der Waals surface area contributed by atoms with Crippen LogP contribution in [-0.2, 0) is 11.3 Å². The zero-order chi connectivity index (χ0) is 21.7. The first-order chi connectivity index (χ1) is 14.4. The van der Waals surface area contributed by atoms with Crippen LogP contribution in [-0.4, -0.2) is 38.1 Å². The van der Waals surface area contributed by atoms with Gasteiger partial charge < -0.3 is 14.8 Å². The van der Waals surface area contributed by atoms with Crippen molar-refractivity contribution in [2.24, 2.45) is 5.92 Å². The van der Waals surface area contributed by atoms with Crippen LogP contribution in [0.3, 0.4) is 0 Å². The Morgan fingerprint density at radius 3 is 2.50 bits per heavy atom. The third kappa shape index (κ3) is 5.60. The molecule has 1 heterocycles. The van der Waals surface area contributed by atoms with E-state index in [-0.39, 0.29) is 17.9 Å². The number of carbonyl (C=O) groups is 1. The molecule has 0 aliphatic carbocycles. The SMILES string of the molecule is COc1ccc(OC)c(C(C)NC(=O)C2CCN(Cc3ccc(Cl)cc3Cl)CC2)c1. The van der Waals surface area contributed by atoms with Crippen molar-refractivity contribution in [3.05, 3.63) is 57.6 Å². The summed E-state index contributed by atoms with van der Waals surface area (Å²) < 4.78 is 10.8. The number of nitrogens with one attached hydrogen (secondary N) is 1. The molecule has 3 rings (SSSR count). The van der Waals surface area contributed by atoms with Gasteiger partial charge in [-0.25, -0.2) is 0 Å². The second-order valence-corrected chi connectivity index (χ2v) is 8.47. The number of ether oxygens (including phenoxy) is 2. The number of rotatable bonds is 7. The Morgan fingerprint density at radius 1 is 1.13 bits per heavy atom. The lowest BCUT2D eigenvalue weighted by molar-refractivity contribution is -0.127. The summed E-state index contributed by atoms with van der Waals surface area (Å²) in [5.74, 6) is 1.55. The van der Waals surface area contributed by atoms with E-state index in [1.165, 1.54) is 0 Å². The molecule has 0 aromatic heterocycles. The van der Waals surface area contributed by atoms with Crippen molar-refractivity contribution in [3.8, 4) is 11.5 Å². The molecule has 5 nitrogen and oxygen atoms in total. The van der Waals surface area contributed by atoms with Crippen molar-refractivity contribution in [1.82, 2.24) is 10.2 Å². The lowest BCUT2D eigenvalue weighted by Crippen LogP contribution is -2.41. The fourth-order valence-electron chi connectivity index (χ4n) is 3.83. The predicted molar refractivity (Wildman–Crippen MR) is 121 cm³/mol. The largest absolute Gasteiger partial charge is 0.497 e. The highest BCUT2D eigenvalue weighted by Gasteiger charge is 2.27. The minimum atomic E-state index is -0.173. The maximum Gasteiger partial charge on any atom is 0.223 e. The number of nitrogens with zero attached hydrogens (tertiary/aromatic N) is 1. The topological polar surface area (TPSA) is 50.8 Å². The molecule has 0 radical (unpaired) electrons. The summed E-state index contributed by atoms with van der Waals surface area (Å²) in [4.78, 5) is 15.2. The van der Waals surface area contributed by atoms with E-state index in [4.69, 9.17) is 32.7 Å². The van der Waals surface area contributed by atoms with Gasteiger partial charge in [0.1, 0.15) is 11.5 Å². The number of amides is 1. The van der Waals surface area contributed by atoms with Crippen LogP contribution in [0.4, 0.5) is 0 Å². The molecule has 0 saturated carbocycles. The van der Waals surface area contributed by atoms with Gasteiger partial charge in [0.25, 0.3) is 0 Å². The van der Waals surface area contributed by atoms with E-state index in [0.29, 0.717) is 10.0 Å². The monoisotopic (exact) mass is 450 g/mol. The number of halogens is 2. The fourth-order valence-corrected chi connectivity index (χ4v) is 4.30. The van der Waals surface area contributed by atoms with Crippen LogP contribution in [0.25, 0.3) is 0 Å². The van der Waals surface area contributed by atoms with Gasteiger partial charge in [0, 0.05) is 28.1 Å². The van der Waals surface area contributed by atoms with E-state index in [1.54, 1.807) is 20.3 Å². The quantitative estimate of drug-likeness (QED) is 0.637. The molecule has 1 saturated heterocycles. The Hall–Kier alpha value is -1.95. The highest BCUT2D eigenvalue weighted by atomic mass is 35.5. The van der Waals surface area contributed by atoms with Gasteiger partial charge in [0.15, 0.2) is 0 Å². The van der Waals surface area contributed by atoms with Gasteiger partial charge in [-0.05, 0) is 68.8 Å². The van der Waals surface area contributed by atoms with Gasteiger partial charge in [-0.3, -0.25) is 9.69 Å². The summed E-state index contributed by atoms with van der Waals surface area (Å²) in [7, 11) is 3.25. The second-order valence-electron chi connectivity index (χ2n) is 7.62. The lowest BCUT2D eigenvalue weighted by Gasteiger charge is -2.32. The van der Waals surface area contributed by atoms with E-state index in [1.807, 2.05) is 37.3 Å². The van der Waals surface area contributed by atoms with Crippen LogP contribution in [0.5, 0.6) is 11.5 Å². The van der Waals surface area contributed by atoms with E-state index >= 15 is 0 Å². The number of hydrogen-bond acceptors (Lipinski definition) is 4. The molecule has 1 aliphatic rings. The molecular weight excluding hydrogens is 423 g/mol. The number of hydrogen-bond donors (Lipinski definition) is 1. The molecule has 1 fully saturated rings. The van der Waals surface area contributed by atoms with Crippen LogP contribution < -0.4 is 14.8 Å². The van der Waals surface area contributed by atoms with E-state index in [2.05, 4.69) is 10.2 Å². The van der Waals surface area contributed by atoms with Gasteiger partial charge in [-0.2, -0.15) is 0 Å². The molecule has 2 aromatic carbocycles. The molecule has 0 spiro atoms. The Bertz CT molecular complexity index is 883. The van der Waals surface area contributed by atoms with Gasteiger partial charge in [-0.1, -0.05) is 29.3 Å². The van der Waals surface area contributed by atoms with Gasteiger partial charge in [0.2, 0.25) is 5.91 Å². The molecule has 1 N–H and O–H groups in total. The van der Waals surface area contributed by atoms with Crippen molar-refractivity contribution >= 4 is 29.1 Å². The summed E-state index contributed by atoms with van der Waals surface area (Å²) in [6.45, 7) is 4.44. The summed E-state index contributed by atoms with van der Waals surface area (Å²) >= 11 is 12.3. The number of carbonyl (C=O) groups excluding carboxylic acids is 1. The highest BCUT2D eigenvalue weighted by molar-refractivity contribution is 6.35. The molecule has 1 unspecified atom stereocenters. The minimum Gasteiger partial charge on any atom is -0.497 e. The van der Waals surface area contributed by atoms with E-state index in [9.17, 15) is 4.79 Å². The Kier molecular flexibility index (Phi) is 7.87. The Morgan fingerprint density at radius 2 is 1.87 bits per heavy atom. The third-order valence-corrected chi connectivity index (χ3v) is 6.22. The average molecular weight is 451 g/mol. The summed E-state index contributed by atoms with van der Waals surface area (Å²) in [5, 5.41) is 4.47. The smallest absolute Gasteiger partial charge is 0.223 e. The summed E-state index contributed by atoms with van der Waals surface area (Å²) in [6, 6.07) is 11.0. The Balaban J connectivity index is 1.55. The van der Waals surface area contributed by atoms with E-state index < -0.39 is 0 Å². The molecule has 1 amide bonds. The van der Waals surface area contributed by atoms with Crippen molar-refractivity contribution in [2.75, 3.05) is 27.3 Å². The molecule has 162 valence electrons. The lowest BCUT2D eigenvalue weighted by atomic mass is 9.94. The molecule has 1 atom stereocenters. The van der Waals surface area contributed by atoms with Crippen LogP contribution in [0.2, 0.25) is 10.0 Å². The van der Waals surface area contributed by atoms with E-state index in [0.717, 1.165) is 55.1 Å². The zero-order valence-electron chi connectivity index (χ0n) is 17.6. The number of piperidine rings is 1. The normalized spacial score (nSPS) is 16.2. The number of likely N-dealkylation sites (tertiary alicyclic amines) is 1. The predicted octanol–water partition coefficient (Wildman–Crippen LogP) is 5.10. The molecule has 7 heteroatoms. The summed E-state index contributed by atoms with van der Waals surface area (Å²) in [5.41, 5.74) is 1.96. The maximum absolute atomic E-state index is 12.9. The first kappa shape index (κ1) is 22.7. The van der Waals surface area contributed by atoms with Crippen LogP contribution >= 0.6 is 23.2 Å². The maximum atomic E-state index is 12.9. The van der Waals surface area contributed by atoms with Gasteiger partial charge in [0.05, 0.1) is 20.3 Å². The molecule has 2 aromatic rings. The van der Waals surface area contributed by atoms with Crippen LogP contribution in [0.15, 0.2) is 36.4 Å². The molecular formula is C23H28Cl2N2O3. The standard InChI is InChI=1S/C23H28Cl2N2O3/c1-15(20-13-19(29-2)6-7-22(20)30-3)26-23(28)16-8-10-27(11-9-16)14-17-4-5-18(24)12-21(17)25/h4-7,12-13,15-16H,8-11,14H2,1-3H3,(H,26,28). The van der Waals surface area contributed by atoms with Crippen molar-refractivity contribution in [2.45, 2.75) is 32.4 Å². The number of benzene rings is 2. The van der Waals surface area contributed by atoms with Crippen molar-refractivity contribution in [1.29, 1.82) is 0 Å². The molecule has 0 bridgehead atoms. The molecule has 30 heavy (non-hydrogen) atoms. The molecule has 1 aliphatic heterocycles. The first-order valence-electron chi connectivity index (χ1n) is 10.1. The fraction of sp³-hybridized carbons (Fsp3) is 0.435.